The highest BCUT2D eigenvalue weighted by atomic mass is 16.5. The van der Waals surface area contributed by atoms with Crippen LogP contribution < -0.4 is 0 Å². The van der Waals surface area contributed by atoms with Crippen LogP contribution in [0.4, 0.5) is 0 Å². The third kappa shape index (κ3) is 2.28. The first-order chi connectivity index (χ1) is 8.33. The van der Waals surface area contributed by atoms with Gasteiger partial charge in [0.1, 0.15) is 11.9 Å². The number of furan rings is 1. The monoisotopic (exact) mass is 235 g/mol. The van der Waals surface area contributed by atoms with E-state index in [9.17, 15) is 4.79 Å². The fourth-order valence-corrected chi connectivity index (χ4v) is 2.71. The lowest BCUT2D eigenvalue weighted by atomic mass is 10.1. The molecule has 4 nitrogen and oxygen atoms in total. The number of hydrogen-bond acceptors (Lipinski definition) is 4. The standard InChI is InChI=1S/C13H17NO3/c15-12(7-11-4-2-6-16-11)13-8-14-5-1-3-10(14)9-17-13/h2,4,6,10,13H,1,3,5,7-9H2. The Kier molecular flexibility index (Phi) is 2.99. The van der Waals surface area contributed by atoms with E-state index in [1.807, 2.05) is 6.07 Å². The Labute approximate surface area is 101 Å². The van der Waals surface area contributed by atoms with Crippen LogP contribution in [0.5, 0.6) is 0 Å². The van der Waals surface area contributed by atoms with E-state index in [4.69, 9.17) is 9.15 Å². The Morgan fingerprint density at radius 2 is 2.47 bits per heavy atom. The fraction of sp³-hybridized carbons (Fsp3) is 0.615. The molecule has 1 aromatic rings. The highest BCUT2D eigenvalue weighted by molar-refractivity contribution is 5.85. The lowest BCUT2D eigenvalue weighted by Gasteiger charge is -2.34. The third-order valence-corrected chi connectivity index (χ3v) is 3.68. The molecule has 17 heavy (non-hydrogen) atoms. The number of carbonyl (C=O) groups is 1. The fourth-order valence-electron chi connectivity index (χ4n) is 2.71. The summed E-state index contributed by atoms with van der Waals surface area (Å²) in [6.07, 6.45) is 4.11. The number of ether oxygens (including phenoxy) is 1. The maximum Gasteiger partial charge on any atom is 0.170 e. The van der Waals surface area contributed by atoms with Crippen LogP contribution in [0.15, 0.2) is 22.8 Å². The summed E-state index contributed by atoms with van der Waals surface area (Å²) >= 11 is 0. The second-order valence-electron chi connectivity index (χ2n) is 4.84. The van der Waals surface area contributed by atoms with Crippen molar-refractivity contribution in [1.82, 2.24) is 4.90 Å². The number of hydrogen-bond donors (Lipinski definition) is 0. The zero-order valence-corrected chi connectivity index (χ0v) is 9.80. The first kappa shape index (κ1) is 11.0. The average Bonchev–Trinajstić information content (AvgIpc) is 2.97. The number of ketones is 1. The Morgan fingerprint density at radius 3 is 3.29 bits per heavy atom. The molecule has 0 radical (unpaired) electrons. The Morgan fingerprint density at radius 1 is 1.53 bits per heavy atom. The summed E-state index contributed by atoms with van der Waals surface area (Å²) in [5.41, 5.74) is 0. The molecule has 2 aliphatic heterocycles. The van der Waals surface area contributed by atoms with Gasteiger partial charge in [0.05, 0.1) is 19.3 Å². The van der Waals surface area contributed by atoms with Gasteiger partial charge in [-0.3, -0.25) is 9.69 Å². The normalized spacial score (nSPS) is 29.2. The Balaban J connectivity index is 1.59. The molecule has 3 heterocycles. The third-order valence-electron chi connectivity index (χ3n) is 3.68. The molecule has 0 N–H and O–H groups in total. The van der Waals surface area contributed by atoms with Crippen LogP contribution in [-0.2, 0) is 16.0 Å². The van der Waals surface area contributed by atoms with E-state index in [0.717, 1.165) is 18.8 Å². The van der Waals surface area contributed by atoms with E-state index in [-0.39, 0.29) is 11.9 Å². The average molecular weight is 235 g/mol. The molecule has 2 aliphatic rings. The van der Waals surface area contributed by atoms with Gasteiger partial charge in [0, 0.05) is 12.6 Å². The molecule has 2 saturated heterocycles. The number of nitrogens with zero attached hydrogens (tertiary/aromatic N) is 1. The van der Waals surface area contributed by atoms with Crippen molar-refractivity contribution in [3.8, 4) is 0 Å². The topological polar surface area (TPSA) is 42.7 Å². The second kappa shape index (κ2) is 4.63. The predicted molar refractivity (Wildman–Crippen MR) is 61.8 cm³/mol. The van der Waals surface area contributed by atoms with Crippen molar-refractivity contribution in [3.63, 3.8) is 0 Å². The molecule has 1 aromatic heterocycles. The quantitative estimate of drug-likeness (QED) is 0.791. The van der Waals surface area contributed by atoms with Crippen LogP contribution in [0.2, 0.25) is 0 Å². The van der Waals surface area contributed by atoms with Crippen molar-refractivity contribution in [2.75, 3.05) is 19.7 Å². The van der Waals surface area contributed by atoms with Gasteiger partial charge in [-0.05, 0) is 31.5 Å². The summed E-state index contributed by atoms with van der Waals surface area (Å²) < 4.78 is 10.9. The van der Waals surface area contributed by atoms with Crippen LogP contribution in [-0.4, -0.2) is 42.5 Å². The van der Waals surface area contributed by atoms with Gasteiger partial charge in [-0.15, -0.1) is 0 Å². The summed E-state index contributed by atoms with van der Waals surface area (Å²) in [6.45, 7) is 2.57. The molecule has 0 aromatic carbocycles. The highest BCUT2D eigenvalue weighted by Crippen LogP contribution is 2.23. The van der Waals surface area contributed by atoms with Crippen LogP contribution in [0.25, 0.3) is 0 Å². The molecule has 2 atom stereocenters. The van der Waals surface area contributed by atoms with E-state index in [1.165, 1.54) is 12.8 Å². The van der Waals surface area contributed by atoms with Crippen molar-refractivity contribution < 1.29 is 13.9 Å². The van der Waals surface area contributed by atoms with Gasteiger partial charge in [-0.1, -0.05) is 0 Å². The Hall–Kier alpha value is -1.13. The molecule has 0 aliphatic carbocycles. The van der Waals surface area contributed by atoms with E-state index in [2.05, 4.69) is 4.90 Å². The highest BCUT2D eigenvalue weighted by Gasteiger charge is 2.35. The molecule has 0 bridgehead atoms. The predicted octanol–water partition coefficient (Wildman–Crippen LogP) is 1.25. The van der Waals surface area contributed by atoms with E-state index >= 15 is 0 Å². The van der Waals surface area contributed by atoms with Crippen molar-refractivity contribution in [2.45, 2.75) is 31.4 Å². The van der Waals surface area contributed by atoms with Gasteiger partial charge < -0.3 is 9.15 Å². The molecule has 0 amide bonds. The molecular weight excluding hydrogens is 218 g/mol. The molecular formula is C13H17NO3. The minimum atomic E-state index is -0.269. The molecule has 4 heteroatoms. The van der Waals surface area contributed by atoms with Gasteiger partial charge in [-0.25, -0.2) is 0 Å². The SMILES string of the molecule is O=C(Cc1ccco1)C1CN2CCCC2CO1. The van der Waals surface area contributed by atoms with Crippen LogP contribution >= 0.6 is 0 Å². The van der Waals surface area contributed by atoms with Gasteiger partial charge in [0.25, 0.3) is 0 Å². The smallest absolute Gasteiger partial charge is 0.170 e. The molecule has 92 valence electrons. The van der Waals surface area contributed by atoms with Crippen molar-refractivity contribution in [2.24, 2.45) is 0 Å². The van der Waals surface area contributed by atoms with Crippen LogP contribution in [0.3, 0.4) is 0 Å². The van der Waals surface area contributed by atoms with Crippen LogP contribution in [0.1, 0.15) is 18.6 Å². The first-order valence-corrected chi connectivity index (χ1v) is 6.23. The second-order valence-corrected chi connectivity index (χ2v) is 4.84. The molecule has 2 fully saturated rings. The summed E-state index contributed by atoms with van der Waals surface area (Å²) in [7, 11) is 0. The number of morpholine rings is 1. The van der Waals surface area contributed by atoms with Gasteiger partial charge in [0.15, 0.2) is 5.78 Å². The molecule has 0 spiro atoms. The minimum absolute atomic E-state index is 0.130. The summed E-state index contributed by atoms with van der Waals surface area (Å²) in [5, 5.41) is 0. The lowest BCUT2D eigenvalue weighted by molar-refractivity contribution is -0.137. The molecule has 2 unspecified atom stereocenters. The van der Waals surface area contributed by atoms with Crippen molar-refractivity contribution in [1.29, 1.82) is 0 Å². The Bertz CT molecular complexity index is 387. The summed E-state index contributed by atoms with van der Waals surface area (Å²) in [4.78, 5) is 14.4. The maximum absolute atomic E-state index is 12.0. The number of rotatable bonds is 3. The van der Waals surface area contributed by atoms with E-state index in [1.54, 1.807) is 12.3 Å². The van der Waals surface area contributed by atoms with Crippen molar-refractivity contribution >= 4 is 5.78 Å². The maximum atomic E-state index is 12.0. The van der Waals surface area contributed by atoms with Crippen LogP contribution in [0, 0.1) is 0 Å². The lowest BCUT2D eigenvalue weighted by Crippen LogP contribution is -2.49. The number of Topliss-reactive ketones (excluding diaryl/α,β-unsaturated/α-hetero) is 1. The zero-order valence-electron chi connectivity index (χ0n) is 9.80. The minimum Gasteiger partial charge on any atom is -0.469 e. The van der Waals surface area contributed by atoms with Gasteiger partial charge in [-0.2, -0.15) is 0 Å². The molecule has 3 rings (SSSR count). The molecule has 0 saturated carbocycles. The summed E-state index contributed by atoms with van der Waals surface area (Å²) in [5.74, 6) is 0.854. The van der Waals surface area contributed by atoms with Crippen molar-refractivity contribution in [3.05, 3.63) is 24.2 Å². The zero-order chi connectivity index (χ0) is 11.7. The number of fused-ring (bicyclic) bond motifs is 1. The largest absolute Gasteiger partial charge is 0.469 e. The van der Waals surface area contributed by atoms with E-state index < -0.39 is 0 Å². The van der Waals surface area contributed by atoms with Gasteiger partial charge >= 0.3 is 0 Å². The van der Waals surface area contributed by atoms with Gasteiger partial charge in [0.2, 0.25) is 0 Å². The number of carbonyl (C=O) groups excluding carboxylic acids is 1. The van der Waals surface area contributed by atoms with E-state index in [0.29, 0.717) is 19.1 Å². The summed E-state index contributed by atoms with van der Waals surface area (Å²) in [6, 6.07) is 4.18. The first-order valence-electron chi connectivity index (χ1n) is 6.23.